The molecule has 16 heteroatoms. The van der Waals surface area contributed by atoms with Gasteiger partial charge in [0.15, 0.2) is 6.61 Å². The highest BCUT2D eigenvalue weighted by Crippen LogP contribution is 2.45. The number of imidazole rings is 1. The van der Waals surface area contributed by atoms with Gasteiger partial charge in [0, 0.05) is 44.6 Å². The Morgan fingerprint density at radius 3 is 2.85 bits per heavy atom. The lowest BCUT2D eigenvalue weighted by Crippen LogP contribution is -2.54. The van der Waals surface area contributed by atoms with Crippen LogP contribution in [0.2, 0.25) is 0 Å². The molecule has 2 unspecified atom stereocenters. The number of rotatable bonds is 7. The van der Waals surface area contributed by atoms with Gasteiger partial charge in [-0.3, -0.25) is 14.2 Å². The van der Waals surface area contributed by atoms with E-state index in [1.54, 1.807) is 17.7 Å². The summed E-state index contributed by atoms with van der Waals surface area (Å²) in [6, 6.07) is -0.354. The largest absolute Gasteiger partial charge is 0.451 e. The van der Waals surface area contributed by atoms with Crippen LogP contribution in [0.25, 0.3) is 11.0 Å². The van der Waals surface area contributed by atoms with E-state index in [0.717, 1.165) is 17.4 Å². The number of hydrogen-bond acceptors (Lipinski definition) is 12. The number of ether oxygens (including phenoxy) is 2. The first-order chi connectivity index (χ1) is 19.5. The number of aliphatic hydroxyl groups is 1. The van der Waals surface area contributed by atoms with Crippen LogP contribution in [0, 0.1) is 18.8 Å². The van der Waals surface area contributed by atoms with Gasteiger partial charge in [0.1, 0.15) is 42.0 Å². The molecule has 2 aliphatic rings. The van der Waals surface area contributed by atoms with Crippen LogP contribution in [0.3, 0.4) is 0 Å². The van der Waals surface area contributed by atoms with Crippen molar-refractivity contribution in [1.29, 1.82) is 0 Å². The smallest absolute Gasteiger partial charge is 0.437 e. The number of carbonyl (C=O) groups excluding carboxylic acids is 1. The molecule has 5 rings (SSSR count). The van der Waals surface area contributed by atoms with E-state index in [0.29, 0.717) is 29.0 Å². The Morgan fingerprint density at radius 2 is 2.10 bits per heavy atom. The molecule has 2 fully saturated rings. The average Bonchev–Trinajstić information content (AvgIpc) is 3.64. The maximum atomic E-state index is 12.6. The Hall–Kier alpha value is -3.35. The van der Waals surface area contributed by atoms with Crippen LogP contribution >= 0.6 is 7.75 Å². The van der Waals surface area contributed by atoms with Crippen molar-refractivity contribution >= 4 is 30.6 Å². The lowest BCUT2D eigenvalue weighted by molar-refractivity contribution is -0.150. The fraction of sp³-hybridized carbons (Fsp3) is 0.520. The zero-order valence-corrected chi connectivity index (χ0v) is 23.8. The Bertz CT molecular complexity index is 1530. The highest BCUT2D eigenvalue weighted by Gasteiger charge is 2.38. The fourth-order valence-corrected chi connectivity index (χ4v) is 6.04. The zero-order chi connectivity index (χ0) is 29.3. The lowest BCUT2D eigenvalue weighted by atomic mass is 10.2. The molecule has 4 N–H and O–H groups in total. The van der Waals surface area contributed by atoms with Gasteiger partial charge < -0.3 is 34.7 Å². The van der Waals surface area contributed by atoms with Gasteiger partial charge in [0.05, 0.1) is 23.7 Å². The molecule has 0 amide bonds. The first-order valence-electron chi connectivity index (χ1n) is 13.0. The van der Waals surface area contributed by atoms with Crippen LogP contribution in [0.4, 0.5) is 5.82 Å². The summed E-state index contributed by atoms with van der Waals surface area (Å²) in [5, 5.41) is 11.1. The SMILES string of the molecule is Cc1nccn1P(=O)(O)OC[C@H]1O[C@@H](n2cc(C#CCOC(=O)C3CN(C)CCN3C)c3c(N)ncnc32)C[C@H]1O. The number of esters is 1. The van der Waals surface area contributed by atoms with Crippen molar-refractivity contribution in [2.75, 3.05) is 52.7 Å². The molecule has 0 bridgehead atoms. The molecule has 5 atom stereocenters. The number of likely N-dealkylation sites (N-methyl/N-ethyl adjacent to an activating group) is 2. The molecule has 0 saturated carbocycles. The van der Waals surface area contributed by atoms with Gasteiger partial charge in [0.25, 0.3) is 0 Å². The molecule has 2 saturated heterocycles. The fourth-order valence-electron chi connectivity index (χ4n) is 4.93. The molecule has 220 valence electrons. The van der Waals surface area contributed by atoms with E-state index in [1.807, 2.05) is 19.0 Å². The van der Waals surface area contributed by atoms with Crippen LogP contribution in [0.1, 0.15) is 24.0 Å². The normalized spacial score (nSPS) is 25.1. The second-order valence-corrected chi connectivity index (χ2v) is 11.8. The van der Waals surface area contributed by atoms with Crippen molar-refractivity contribution in [3.05, 3.63) is 36.3 Å². The molecule has 5 heterocycles. The zero-order valence-electron chi connectivity index (χ0n) is 23.0. The highest BCUT2D eigenvalue weighted by atomic mass is 31.2. The summed E-state index contributed by atoms with van der Waals surface area (Å²) in [6.45, 7) is 3.38. The predicted octanol–water partition coefficient (Wildman–Crippen LogP) is -0.0274. The summed E-state index contributed by atoms with van der Waals surface area (Å²) in [4.78, 5) is 39.3. The molecule has 15 nitrogen and oxygen atoms in total. The van der Waals surface area contributed by atoms with E-state index < -0.39 is 26.2 Å². The van der Waals surface area contributed by atoms with Gasteiger partial charge in [-0.05, 0) is 21.0 Å². The van der Waals surface area contributed by atoms with Gasteiger partial charge in [-0.25, -0.2) is 23.9 Å². The molecule has 0 aromatic carbocycles. The second kappa shape index (κ2) is 11.9. The number of hydrogen-bond donors (Lipinski definition) is 3. The Kier molecular flexibility index (Phi) is 8.44. The van der Waals surface area contributed by atoms with E-state index in [-0.39, 0.29) is 37.5 Å². The monoisotopic (exact) mass is 588 g/mol. The first-order valence-corrected chi connectivity index (χ1v) is 14.5. The Morgan fingerprint density at radius 1 is 1.29 bits per heavy atom. The number of nitrogens with two attached hydrogens (primary N) is 1. The number of aromatic nitrogens is 5. The molecule has 3 aromatic rings. The average molecular weight is 589 g/mol. The number of fused-ring (bicyclic) bond motifs is 1. The quantitative estimate of drug-likeness (QED) is 0.190. The molecular formula is C25H33N8O7P. The molecule has 0 radical (unpaired) electrons. The third-order valence-corrected chi connectivity index (χ3v) is 8.72. The van der Waals surface area contributed by atoms with Crippen LogP contribution < -0.4 is 5.73 Å². The van der Waals surface area contributed by atoms with E-state index in [2.05, 4.69) is 31.7 Å². The molecule has 0 aliphatic carbocycles. The minimum absolute atomic E-state index is 0.108. The highest BCUT2D eigenvalue weighted by molar-refractivity contribution is 7.51. The number of aryl methyl sites for hydroxylation is 1. The van der Waals surface area contributed by atoms with Crippen LogP contribution in [-0.2, 0) is 23.4 Å². The Labute approximate surface area is 236 Å². The van der Waals surface area contributed by atoms with E-state index in [9.17, 15) is 19.4 Å². The first kappa shape index (κ1) is 29.2. The number of aliphatic hydroxyl groups excluding tert-OH is 1. The standard InChI is InChI=1S/C25H33N8O7P/c1-16-27-6-7-33(16)41(36,37)39-14-20-19(34)11-21(40-20)32-12-17(22-23(26)28-15-29-24(22)32)5-4-10-38-25(35)18-13-30(2)8-9-31(18)3/h6-7,12,15,18-21,34H,8-11,13-14H2,1-3H3,(H,36,37)(H2,26,28,29)/t18?,19-,20-,21-/m1/s1. The Balaban J connectivity index is 1.28. The van der Waals surface area contributed by atoms with Crippen molar-refractivity contribution < 1.29 is 33.4 Å². The number of anilines is 1. The summed E-state index contributed by atoms with van der Waals surface area (Å²) in [7, 11) is -0.370. The van der Waals surface area contributed by atoms with Gasteiger partial charge in [-0.1, -0.05) is 11.8 Å². The van der Waals surface area contributed by atoms with Gasteiger partial charge in [0.2, 0.25) is 0 Å². The van der Waals surface area contributed by atoms with Gasteiger partial charge in [-0.15, -0.1) is 0 Å². The summed E-state index contributed by atoms with van der Waals surface area (Å²) >= 11 is 0. The molecule has 3 aromatic heterocycles. The van der Waals surface area contributed by atoms with Crippen LogP contribution in [-0.4, -0.2) is 115 Å². The summed E-state index contributed by atoms with van der Waals surface area (Å²) in [6.07, 6.45) is 3.34. The van der Waals surface area contributed by atoms with Crippen molar-refractivity contribution in [2.45, 2.75) is 37.8 Å². The van der Waals surface area contributed by atoms with E-state index in [1.165, 1.54) is 18.7 Å². The number of carbonyl (C=O) groups is 1. The predicted molar refractivity (Wildman–Crippen MR) is 146 cm³/mol. The van der Waals surface area contributed by atoms with Crippen molar-refractivity contribution in [3.63, 3.8) is 0 Å². The maximum Gasteiger partial charge on any atom is 0.437 e. The summed E-state index contributed by atoms with van der Waals surface area (Å²) in [5.41, 5.74) is 7.09. The molecule has 0 spiro atoms. The van der Waals surface area contributed by atoms with Crippen molar-refractivity contribution in [1.82, 2.24) is 33.7 Å². The minimum atomic E-state index is -4.23. The molecule has 41 heavy (non-hydrogen) atoms. The summed E-state index contributed by atoms with van der Waals surface area (Å²) in [5.74, 6) is 6.04. The minimum Gasteiger partial charge on any atom is -0.451 e. The number of nitrogens with zero attached hydrogens (tertiary/aromatic N) is 7. The third kappa shape index (κ3) is 6.14. The van der Waals surface area contributed by atoms with Crippen LogP contribution in [0.5, 0.6) is 0 Å². The molecular weight excluding hydrogens is 555 g/mol. The second-order valence-electron chi connectivity index (χ2n) is 10.1. The third-order valence-electron chi connectivity index (χ3n) is 7.27. The maximum absolute atomic E-state index is 12.6. The van der Waals surface area contributed by atoms with Gasteiger partial charge in [-0.2, -0.15) is 0 Å². The van der Waals surface area contributed by atoms with Crippen molar-refractivity contribution in [3.8, 4) is 11.8 Å². The van der Waals surface area contributed by atoms with Crippen LogP contribution in [0.15, 0.2) is 24.9 Å². The number of piperazine rings is 1. The topological polar surface area (TPSA) is 183 Å². The number of nitrogen functional groups attached to an aromatic ring is 1. The van der Waals surface area contributed by atoms with Crippen molar-refractivity contribution in [2.24, 2.45) is 0 Å². The lowest BCUT2D eigenvalue weighted by Gasteiger charge is -2.35. The van der Waals surface area contributed by atoms with E-state index in [4.69, 9.17) is 19.7 Å². The van der Waals surface area contributed by atoms with E-state index >= 15 is 0 Å². The summed E-state index contributed by atoms with van der Waals surface area (Å²) < 4.78 is 32.1. The molecule has 2 aliphatic heterocycles. The van der Waals surface area contributed by atoms with Gasteiger partial charge >= 0.3 is 13.7 Å².